The van der Waals surface area contributed by atoms with E-state index in [4.69, 9.17) is 25.5 Å². The lowest BCUT2D eigenvalue weighted by molar-refractivity contribution is -0.153. The van der Waals surface area contributed by atoms with Gasteiger partial charge in [0.25, 0.3) is 0 Å². The molecule has 4 aliphatic rings. The van der Waals surface area contributed by atoms with Gasteiger partial charge in [-0.1, -0.05) is 107 Å². The Bertz CT molecular complexity index is 1790. The first-order valence-corrected chi connectivity index (χ1v) is 19.7. The van der Waals surface area contributed by atoms with Crippen molar-refractivity contribution in [2.75, 3.05) is 6.61 Å². The van der Waals surface area contributed by atoms with Gasteiger partial charge >= 0.3 is 11.6 Å². The van der Waals surface area contributed by atoms with Crippen LogP contribution in [0.2, 0.25) is 5.02 Å². The third kappa shape index (κ3) is 6.69. The van der Waals surface area contributed by atoms with Gasteiger partial charge in [0, 0.05) is 23.9 Å². The maximum atomic E-state index is 13.1. The average molecular weight is 699 g/mol. The summed E-state index contributed by atoms with van der Waals surface area (Å²) in [7, 11) is 0. The van der Waals surface area contributed by atoms with Crippen molar-refractivity contribution >= 4 is 28.5 Å². The highest BCUT2D eigenvalue weighted by molar-refractivity contribution is 6.33. The zero-order valence-corrected chi connectivity index (χ0v) is 31.4. The van der Waals surface area contributed by atoms with E-state index >= 15 is 0 Å². The molecule has 6 heteroatoms. The minimum absolute atomic E-state index is 0.142. The molecule has 5 nitrogen and oxygen atoms in total. The van der Waals surface area contributed by atoms with Crippen LogP contribution in [0, 0.1) is 46.3 Å². The number of halogens is 1. The Labute approximate surface area is 303 Å². The summed E-state index contributed by atoms with van der Waals surface area (Å²) < 4.78 is 17.4. The van der Waals surface area contributed by atoms with Gasteiger partial charge in [-0.05, 0) is 108 Å². The molecular formula is C44H55ClO5. The number of carbonyl (C=O) groups excluding carboxylic acids is 1. The molecule has 1 heterocycles. The predicted octanol–water partition coefficient (Wildman–Crippen LogP) is 11.4. The lowest BCUT2D eigenvalue weighted by Crippen LogP contribution is -2.51. The van der Waals surface area contributed by atoms with Crippen molar-refractivity contribution in [3.63, 3.8) is 0 Å². The molecule has 0 N–H and O–H groups in total. The van der Waals surface area contributed by atoms with E-state index in [9.17, 15) is 9.59 Å². The van der Waals surface area contributed by atoms with Crippen LogP contribution < -0.4 is 10.4 Å². The summed E-state index contributed by atoms with van der Waals surface area (Å²) in [5.41, 5.74) is 3.69. The van der Waals surface area contributed by atoms with Crippen molar-refractivity contribution in [3.8, 4) is 16.9 Å². The predicted molar refractivity (Wildman–Crippen MR) is 201 cm³/mol. The Morgan fingerprint density at radius 2 is 1.78 bits per heavy atom. The van der Waals surface area contributed by atoms with Crippen molar-refractivity contribution in [2.45, 2.75) is 111 Å². The number of ether oxygens (including phenoxy) is 2. The maximum Gasteiger partial charge on any atom is 0.344 e. The summed E-state index contributed by atoms with van der Waals surface area (Å²) in [6.07, 6.45) is 16.0. The number of fused-ring (bicyclic) bond motifs is 6. The summed E-state index contributed by atoms with van der Waals surface area (Å²) >= 11 is 6.62. The van der Waals surface area contributed by atoms with E-state index in [2.05, 4.69) is 40.7 Å². The summed E-state index contributed by atoms with van der Waals surface area (Å²) in [5.74, 6) is 4.71. The molecule has 1 aromatic heterocycles. The highest BCUT2D eigenvalue weighted by Crippen LogP contribution is 2.67. The smallest absolute Gasteiger partial charge is 0.344 e. The van der Waals surface area contributed by atoms with Crippen LogP contribution in [0.4, 0.5) is 0 Å². The molecule has 3 aromatic rings. The molecule has 0 unspecified atom stereocenters. The number of benzene rings is 2. The Kier molecular flexibility index (Phi) is 10.0. The van der Waals surface area contributed by atoms with Gasteiger partial charge in [0.1, 0.15) is 17.4 Å². The normalized spacial score (nSPS) is 31.0. The quantitative estimate of drug-likeness (QED) is 0.120. The van der Waals surface area contributed by atoms with Gasteiger partial charge in [0.15, 0.2) is 6.61 Å². The number of hydrogen-bond donors (Lipinski definition) is 0. The molecule has 7 rings (SSSR count). The first-order valence-electron chi connectivity index (χ1n) is 19.3. The van der Waals surface area contributed by atoms with Crippen LogP contribution in [0.25, 0.3) is 22.1 Å². The largest absolute Gasteiger partial charge is 0.480 e. The van der Waals surface area contributed by atoms with Crippen molar-refractivity contribution in [2.24, 2.45) is 46.3 Å². The maximum absolute atomic E-state index is 13.1. The second-order valence-corrected chi connectivity index (χ2v) is 17.5. The third-order valence-corrected chi connectivity index (χ3v) is 14.1. The summed E-state index contributed by atoms with van der Waals surface area (Å²) in [6, 6.07) is 14.4. The Morgan fingerprint density at radius 1 is 0.980 bits per heavy atom. The lowest BCUT2D eigenvalue weighted by atomic mass is 9.47. The SMILES string of the molecule is CC(C)CCC[C@@H](C)[C@H]1CC[C@@H]2[C@@H]3CC=C4C[C@@H](OC(=O)COc5cc6oc(=O)cc(-c7ccccc7)c6cc5Cl)CC[C@]4(C)[C@@H]3CC[C@@]21C. The molecule has 4 aliphatic carbocycles. The average Bonchev–Trinajstić information content (AvgIpc) is 3.45. The van der Waals surface area contributed by atoms with E-state index in [0.29, 0.717) is 21.4 Å². The third-order valence-electron chi connectivity index (χ3n) is 13.8. The fraction of sp³-hybridized carbons (Fsp3) is 0.591. The van der Waals surface area contributed by atoms with Gasteiger partial charge in [-0.25, -0.2) is 9.59 Å². The zero-order valence-electron chi connectivity index (χ0n) is 30.6. The van der Waals surface area contributed by atoms with Gasteiger partial charge in [-0.3, -0.25) is 0 Å². The van der Waals surface area contributed by atoms with E-state index in [1.54, 1.807) is 12.1 Å². The van der Waals surface area contributed by atoms with E-state index < -0.39 is 11.6 Å². The molecule has 268 valence electrons. The summed E-state index contributed by atoms with van der Waals surface area (Å²) in [6.45, 7) is 12.2. The van der Waals surface area contributed by atoms with Crippen LogP contribution >= 0.6 is 11.6 Å². The number of rotatable bonds is 10. The van der Waals surface area contributed by atoms with Gasteiger partial charge in [0.05, 0.1) is 5.02 Å². The first-order chi connectivity index (χ1) is 24.0. The monoisotopic (exact) mass is 698 g/mol. The van der Waals surface area contributed by atoms with Gasteiger partial charge in [-0.2, -0.15) is 0 Å². The Hall–Kier alpha value is -3.05. The van der Waals surface area contributed by atoms with Crippen LogP contribution in [0.5, 0.6) is 5.75 Å². The molecule has 0 aliphatic heterocycles. The van der Waals surface area contributed by atoms with E-state index in [-0.39, 0.29) is 23.9 Å². The van der Waals surface area contributed by atoms with E-state index in [1.165, 1.54) is 63.0 Å². The van der Waals surface area contributed by atoms with Gasteiger partial charge in [0.2, 0.25) is 0 Å². The van der Waals surface area contributed by atoms with Crippen molar-refractivity contribution in [1.29, 1.82) is 0 Å². The van der Waals surface area contributed by atoms with Crippen molar-refractivity contribution < 1.29 is 18.7 Å². The zero-order chi connectivity index (χ0) is 35.2. The molecule has 0 amide bonds. The standard InChI is InChI=1S/C44H55ClO5/c1-27(2)10-9-11-28(3)35-16-17-36-32-15-14-30-22-31(18-20-43(30,4)37(32)19-21-44(35,36)5)49-42(47)26-48-40-25-39-34(23-38(40)45)33(24-41(46)50-39)29-12-7-6-8-13-29/h6-8,12-14,23-25,27-28,31-32,35-37H,9-11,15-22,26H2,1-5H3/t28-,31+,32+,35-,36-,37-,43+,44-/m1/s1. The molecule has 0 spiro atoms. The molecule has 3 fully saturated rings. The number of carbonyl (C=O) groups is 1. The summed E-state index contributed by atoms with van der Waals surface area (Å²) in [5, 5.41) is 1.04. The molecule has 0 bridgehead atoms. The Morgan fingerprint density at radius 3 is 2.56 bits per heavy atom. The molecule has 2 aromatic carbocycles. The van der Waals surface area contributed by atoms with Gasteiger partial charge < -0.3 is 13.9 Å². The molecule has 0 saturated heterocycles. The van der Waals surface area contributed by atoms with Crippen LogP contribution in [0.3, 0.4) is 0 Å². The number of hydrogen-bond acceptors (Lipinski definition) is 5. The highest BCUT2D eigenvalue weighted by Gasteiger charge is 2.59. The highest BCUT2D eigenvalue weighted by atomic mass is 35.5. The fourth-order valence-corrected chi connectivity index (χ4v) is 11.5. The minimum atomic E-state index is -0.464. The summed E-state index contributed by atoms with van der Waals surface area (Å²) in [4.78, 5) is 25.5. The molecule has 0 radical (unpaired) electrons. The second-order valence-electron chi connectivity index (χ2n) is 17.1. The van der Waals surface area contributed by atoms with Crippen LogP contribution in [0.1, 0.15) is 105 Å². The fourth-order valence-electron chi connectivity index (χ4n) is 11.2. The van der Waals surface area contributed by atoms with Crippen molar-refractivity contribution in [1.82, 2.24) is 0 Å². The van der Waals surface area contributed by atoms with E-state index in [0.717, 1.165) is 65.9 Å². The first kappa shape index (κ1) is 35.4. The van der Waals surface area contributed by atoms with Crippen LogP contribution in [-0.2, 0) is 9.53 Å². The van der Waals surface area contributed by atoms with Crippen LogP contribution in [-0.4, -0.2) is 18.7 Å². The Balaban J connectivity index is 0.973. The lowest BCUT2D eigenvalue weighted by Gasteiger charge is -2.58. The molecule has 50 heavy (non-hydrogen) atoms. The molecular weight excluding hydrogens is 644 g/mol. The topological polar surface area (TPSA) is 65.7 Å². The van der Waals surface area contributed by atoms with Crippen LogP contribution in [0.15, 0.2) is 69.4 Å². The second kappa shape index (κ2) is 14.2. The van der Waals surface area contributed by atoms with Gasteiger partial charge in [-0.15, -0.1) is 0 Å². The van der Waals surface area contributed by atoms with E-state index in [1.807, 2.05) is 30.3 Å². The number of allylic oxidation sites excluding steroid dienone is 1. The molecule has 3 saturated carbocycles. The van der Waals surface area contributed by atoms with Crippen molar-refractivity contribution in [3.05, 3.63) is 75.6 Å². The minimum Gasteiger partial charge on any atom is -0.480 e. The molecule has 8 atom stereocenters. The number of esters is 1.